The molecule has 0 amide bonds. The number of nitriles is 1. The third-order valence-corrected chi connectivity index (χ3v) is 1.91. The molecule has 1 aromatic rings. The molecule has 0 aliphatic heterocycles. The first-order valence-corrected chi connectivity index (χ1v) is 4.55. The summed E-state index contributed by atoms with van der Waals surface area (Å²) in [6.07, 6.45) is 5.61. The molecule has 0 bridgehead atoms. The molecule has 0 saturated carbocycles. The molecule has 0 heterocycles. The fourth-order valence-corrected chi connectivity index (χ4v) is 1.17. The molecule has 0 aliphatic carbocycles. The summed E-state index contributed by atoms with van der Waals surface area (Å²) in [4.78, 5) is 10.1. The van der Waals surface area contributed by atoms with Crippen LogP contribution in [0.25, 0.3) is 0 Å². The van der Waals surface area contributed by atoms with Crippen molar-refractivity contribution >= 4 is 11.4 Å². The van der Waals surface area contributed by atoms with E-state index < -0.39 is 4.92 Å². The Morgan fingerprint density at radius 2 is 2.31 bits per heavy atom. The first-order valence-electron chi connectivity index (χ1n) is 4.55. The normalized spacial score (nSPS) is 8.88. The van der Waals surface area contributed by atoms with Crippen LogP contribution in [0.5, 0.6) is 0 Å². The van der Waals surface area contributed by atoms with Gasteiger partial charge in [0.25, 0.3) is 5.69 Å². The van der Waals surface area contributed by atoms with Gasteiger partial charge in [-0.1, -0.05) is 0 Å². The van der Waals surface area contributed by atoms with Crippen molar-refractivity contribution < 1.29 is 4.92 Å². The largest absolute Gasteiger partial charge is 0.384 e. The number of nitrogens with zero attached hydrogens (tertiary/aromatic N) is 2. The second-order valence-corrected chi connectivity index (χ2v) is 2.98. The maximum atomic E-state index is 10.7. The molecule has 0 aromatic heterocycles. The van der Waals surface area contributed by atoms with Crippen LogP contribution in [0.4, 0.5) is 11.4 Å². The summed E-state index contributed by atoms with van der Waals surface area (Å²) in [5.41, 5.74) is 0.432. The molecule has 0 aliphatic rings. The van der Waals surface area contributed by atoms with Crippen molar-refractivity contribution in [2.24, 2.45) is 0 Å². The molecule has 1 aromatic carbocycles. The summed E-state index contributed by atoms with van der Waals surface area (Å²) in [6, 6.07) is 6.12. The van der Waals surface area contributed by atoms with Gasteiger partial charge < -0.3 is 5.32 Å². The topological polar surface area (TPSA) is 79.0 Å². The minimum Gasteiger partial charge on any atom is -0.384 e. The number of benzene rings is 1. The van der Waals surface area contributed by atoms with Gasteiger partial charge in [-0.25, -0.2) is 0 Å². The molecule has 16 heavy (non-hydrogen) atoms. The minimum atomic E-state index is -0.578. The zero-order valence-electron chi connectivity index (χ0n) is 8.43. The van der Waals surface area contributed by atoms with E-state index in [1.807, 2.05) is 0 Å². The maximum Gasteiger partial charge on any atom is 0.289 e. The molecule has 0 atom stereocenters. The van der Waals surface area contributed by atoms with E-state index in [2.05, 4.69) is 11.2 Å². The molecule has 80 valence electrons. The lowest BCUT2D eigenvalue weighted by Gasteiger charge is -2.04. The average Bonchev–Trinajstić information content (AvgIpc) is 2.29. The quantitative estimate of drug-likeness (QED) is 0.360. The van der Waals surface area contributed by atoms with Gasteiger partial charge in [0.1, 0.15) is 11.6 Å². The van der Waals surface area contributed by atoms with Crippen molar-refractivity contribution in [3.63, 3.8) is 0 Å². The lowest BCUT2D eigenvalue weighted by Crippen LogP contribution is -2.01. The Morgan fingerprint density at radius 1 is 1.56 bits per heavy atom. The molecule has 0 radical (unpaired) electrons. The highest BCUT2D eigenvalue weighted by molar-refractivity contribution is 5.59. The molecule has 0 unspecified atom stereocenters. The Labute approximate surface area is 92.9 Å². The molecular formula is C11H9N3O2. The van der Waals surface area contributed by atoms with Crippen molar-refractivity contribution in [1.82, 2.24) is 0 Å². The first kappa shape index (κ1) is 11.5. The fraction of sp³-hybridized carbons (Fsp3) is 0.182. The molecule has 0 spiro atoms. The van der Waals surface area contributed by atoms with Gasteiger partial charge in [0, 0.05) is 24.7 Å². The summed E-state index contributed by atoms with van der Waals surface area (Å²) in [5, 5.41) is 22.3. The summed E-state index contributed by atoms with van der Waals surface area (Å²) in [6.45, 7) is 0.541. The van der Waals surface area contributed by atoms with Crippen molar-refractivity contribution in [3.8, 4) is 18.4 Å². The highest BCUT2D eigenvalue weighted by Crippen LogP contribution is 2.22. The van der Waals surface area contributed by atoms with Gasteiger partial charge >= 0.3 is 0 Å². The van der Waals surface area contributed by atoms with Crippen molar-refractivity contribution in [1.29, 1.82) is 5.26 Å². The summed E-state index contributed by atoms with van der Waals surface area (Å²) in [5.74, 6) is 2.45. The number of hydrogen-bond donors (Lipinski definition) is 1. The summed E-state index contributed by atoms with van der Waals surface area (Å²) < 4.78 is 0. The molecule has 5 nitrogen and oxygen atoms in total. The van der Waals surface area contributed by atoms with Crippen molar-refractivity contribution in [2.45, 2.75) is 6.42 Å². The van der Waals surface area contributed by atoms with Gasteiger partial charge in [-0.15, -0.1) is 12.3 Å². The zero-order chi connectivity index (χ0) is 12.0. The van der Waals surface area contributed by atoms with E-state index in [-0.39, 0.29) is 11.3 Å². The molecule has 0 saturated heterocycles. The highest BCUT2D eigenvalue weighted by Gasteiger charge is 2.13. The van der Waals surface area contributed by atoms with Crippen LogP contribution in [0, 0.1) is 33.8 Å². The SMILES string of the molecule is C#CCCNc1ccc(C#N)c([N+](=O)[O-])c1. The van der Waals surface area contributed by atoms with Crippen LogP contribution >= 0.6 is 0 Å². The second-order valence-electron chi connectivity index (χ2n) is 2.98. The maximum absolute atomic E-state index is 10.7. The molecule has 1 rings (SSSR count). The van der Waals surface area contributed by atoms with Gasteiger partial charge in [-0.2, -0.15) is 5.26 Å². The van der Waals surface area contributed by atoms with E-state index in [1.165, 1.54) is 12.1 Å². The van der Waals surface area contributed by atoms with Gasteiger partial charge in [-0.05, 0) is 12.1 Å². The van der Waals surface area contributed by atoms with E-state index >= 15 is 0 Å². The first-order chi connectivity index (χ1) is 7.69. The lowest BCUT2D eigenvalue weighted by atomic mass is 10.2. The Kier molecular flexibility index (Phi) is 3.88. The predicted molar refractivity (Wildman–Crippen MR) is 59.8 cm³/mol. The zero-order valence-corrected chi connectivity index (χ0v) is 8.43. The number of nitrogens with one attached hydrogen (secondary N) is 1. The average molecular weight is 215 g/mol. The van der Waals surface area contributed by atoms with E-state index in [0.29, 0.717) is 18.7 Å². The summed E-state index contributed by atoms with van der Waals surface area (Å²) in [7, 11) is 0. The van der Waals surface area contributed by atoms with Gasteiger partial charge in [-0.3, -0.25) is 10.1 Å². The van der Waals surface area contributed by atoms with Crippen molar-refractivity contribution in [3.05, 3.63) is 33.9 Å². The number of nitro groups is 1. The Balaban J connectivity index is 2.91. The molecular weight excluding hydrogens is 206 g/mol. The van der Waals surface area contributed by atoms with E-state index in [9.17, 15) is 10.1 Å². The highest BCUT2D eigenvalue weighted by atomic mass is 16.6. The number of nitro benzene ring substituents is 1. The minimum absolute atomic E-state index is 0.0486. The third-order valence-electron chi connectivity index (χ3n) is 1.91. The van der Waals surface area contributed by atoms with Crippen LogP contribution in [-0.4, -0.2) is 11.5 Å². The van der Waals surface area contributed by atoms with Crippen LogP contribution in [-0.2, 0) is 0 Å². The van der Waals surface area contributed by atoms with Crippen LogP contribution in [0.2, 0.25) is 0 Å². The predicted octanol–water partition coefficient (Wildman–Crippen LogP) is 1.90. The van der Waals surface area contributed by atoms with E-state index in [4.69, 9.17) is 11.7 Å². The molecule has 0 fully saturated rings. The summed E-state index contributed by atoms with van der Waals surface area (Å²) >= 11 is 0. The Hall–Kier alpha value is -2.53. The fourth-order valence-electron chi connectivity index (χ4n) is 1.17. The molecule has 5 heteroatoms. The van der Waals surface area contributed by atoms with Gasteiger partial charge in [0.15, 0.2) is 0 Å². The van der Waals surface area contributed by atoms with Crippen LogP contribution < -0.4 is 5.32 Å². The monoisotopic (exact) mass is 215 g/mol. The third kappa shape index (κ3) is 2.73. The van der Waals surface area contributed by atoms with Crippen LogP contribution in [0.1, 0.15) is 12.0 Å². The van der Waals surface area contributed by atoms with Crippen LogP contribution in [0.3, 0.4) is 0 Å². The van der Waals surface area contributed by atoms with Gasteiger partial charge in [0.2, 0.25) is 0 Å². The molecule has 1 N–H and O–H groups in total. The number of anilines is 1. The second kappa shape index (κ2) is 5.38. The standard InChI is InChI=1S/C11H9N3O2/c1-2-3-6-13-10-5-4-9(8-12)11(7-10)14(15)16/h1,4-5,7,13H,3,6H2. The smallest absolute Gasteiger partial charge is 0.289 e. The van der Waals surface area contributed by atoms with E-state index in [1.54, 1.807) is 12.1 Å². The van der Waals surface area contributed by atoms with Gasteiger partial charge in [0.05, 0.1) is 4.92 Å². The number of rotatable bonds is 4. The van der Waals surface area contributed by atoms with Crippen LogP contribution in [0.15, 0.2) is 18.2 Å². The number of terminal acetylenes is 1. The Morgan fingerprint density at radius 3 is 2.88 bits per heavy atom. The van der Waals surface area contributed by atoms with Crippen molar-refractivity contribution in [2.75, 3.05) is 11.9 Å². The lowest BCUT2D eigenvalue weighted by molar-refractivity contribution is -0.385. The number of hydrogen-bond acceptors (Lipinski definition) is 4. The van der Waals surface area contributed by atoms with E-state index in [0.717, 1.165) is 0 Å². The Bertz CT molecular complexity index is 483.